The van der Waals surface area contributed by atoms with Crippen molar-refractivity contribution in [2.24, 2.45) is 5.92 Å². The molecule has 5 heteroatoms. The summed E-state index contributed by atoms with van der Waals surface area (Å²) in [4.78, 5) is 10.9. The molecule has 0 fully saturated rings. The number of aromatic carboxylic acids is 1. The molecule has 0 spiro atoms. The molecule has 0 saturated carbocycles. The molecule has 19 heavy (non-hydrogen) atoms. The molecule has 0 saturated heterocycles. The van der Waals surface area contributed by atoms with E-state index in [9.17, 15) is 4.79 Å². The van der Waals surface area contributed by atoms with Gasteiger partial charge in [-0.3, -0.25) is 0 Å². The van der Waals surface area contributed by atoms with Crippen LogP contribution in [-0.4, -0.2) is 30.8 Å². The largest absolute Gasteiger partial charge is 0.478 e. The molecule has 1 aromatic rings. The number of rotatable bonds is 8. The first-order valence-electron chi connectivity index (χ1n) is 6.45. The van der Waals surface area contributed by atoms with Gasteiger partial charge in [0.2, 0.25) is 0 Å². The fraction of sp³-hybridized carbons (Fsp3) is 0.500. The Bertz CT molecular complexity index is 419. The number of nitrogen functional groups attached to an aromatic ring is 1. The molecule has 0 aromatic heterocycles. The lowest BCUT2D eigenvalue weighted by molar-refractivity contribution is 0.0698. The van der Waals surface area contributed by atoms with Gasteiger partial charge >= 0.3 is 5.97 Å². The van der Waals surface area contributed by atoms with Crippen LogP contribution >= 0.6 is 0 Å². The van der Waals surface area contributed by atoms with E-state index in [0.717, 1.165) is 18.7 Å². The van der Waals surface area contributed by atoms with Crippen molar-refractivity contribution in [3.8, 4) is 0 Å². The van der Waals surface area contributed by atoms with Gasteiger partial charge in [0, 0.05) is 24.5 Å². The lowest BCUT2D eigenvalue weighted by atomic mass is 10.1. The Balaban J connectivity index is 2.34. The molecular formula is C14H22N2O3. The van der Waals surface area contributed by atoms with Crippen molar-refractivity contribution in [2.45, 2.75) is 20.3 Å². The van der Waals surface area contributed by atoms with Crippen LogP contribution in [0.25, 0.3) is 0 Å². The Kier molecular flexibility index (Phi) is 6.15. The van der Waals surface area contributed by atoms with E-state index >= 15 is 0 Å². The summed E-state index contributed by atoms with van der Waals surface area (Å²) >= 11 is 0. The van der Waals surface area contributed by atoms with Gasteiger partial charge in [0.1, 0.15) is 0 Å². The molecule has 0 atom stereocenters. The number of anilines is 2. The monoisotopic (exact) mass is 266 g/mol. The predicted octanol–water partition coefficient (Wildman–Crippen LogP) is 2.44. The van der Waals surface area contributed by atoms with Crippen LogP contribution in [0.15, 0.2) is 18.2 Å². The van der Waals surface area contributed by atoms with E-state index in [2.05, 4.69) is 19.2 Å². The van der Waals surface area contributed by atoms with Gasteiger partial charge < -0.3 is 20.9 Å². The van der Waals surface area contributed by atoms with Gasteiger partial charge in [0.25, 0.3) is 0 Å². The van der Waals surface area contributed by atoms with Gasteiger partial charge in [0.15, 0.2) is 0 Å². The highest BCUT2D eigenvalue weighted by atomic mass is 16.5. The highest BCUT2D eigenvalue weighted by Crippen LogP contribution is 2.17. The predicted molar refractivity (Wildman–Crippen MR) is 76.6 cm³/mol. The Morgan fingerprint density at radius 2 is 2.16 bits per heavy atom. The van der Waals surface area contributed by atoms with Crippen LogP contribution in [0, 0.1) is 5.92 Å². The number of ether oxygens (including phenoxy) is 1. The van der Waals surface area contributed by atoms with E-state index in [-0.39, 0.29) is 11.3 Å². The van der Waals surface area contributed by atoms with Gasteiger partial charge in [-0.15, -0.1) is 0 Å². The third-order valence-electron chi connectivity index (χ3n) is 2.70. The van der Waals surface area contributed by atoms with E-state index in [0.29, 0.717) is 19.1 Å². The van der Waals surface area contributed by atoms with Crippen molar-refractivity contribution in [1.82, 2.24) is 0 Å². The first-order valence-corrected chi connectivity index (χ1v) is 6.45. The van der Waals surface area contributed by atoms with Crippen molar-refractivity contribution < 1.29 is 14.6 Å². The Morgan fingerprint density at radius 1 is 1.42 bits per heavy atom. The Hall–Kier alpha value is -1.75. The van der Waals surface area contributed by atoms with Crippen LogP contribution in [0.4, 0.5) is 11.4 Å². The summed E-state index contributed by atoms with van der Waals surface area (Å²) in [5, 5.41) is 12.1. The van der Waals surface area contributed by atoms with Gasteiger partial charge in [-0.2, -0.15) is 0 Å². The third-order valence-corrected chi connectivity index (χ3v) is 2.70. The Labute approximate surface area is 113 Å². The van der Waals surface area contributed by atoms with E-state index < -0.39 is 5.97 Å². The van der Waals surface area contributed by atoms with Crippen molar-refractivity contribution in [1.29, 1.82) is 0 Å². The zero-order valence-corrected chi connectivity index (χ0v) is 11.5. The van der Waals surface area contributed by atoms with Crippen molar-refractivity contribution in [3.63, 3.8) is 0 Å². The molecule has 0 heterocycles. The minimum Gasteiger partial charge on any atom is -0.478 e. The maximum atomic E-state index is 10.9. The minimum atomic E-state index is -1.02. The van der Waals surface area contributed by atoms with Crippen LogP contribution in [0.5, 0.6) is 0 Å². The van der Waals surface area contributed by atoms with E-state index in [4.69, 9.17) is 15.6 Å². The van der Waals surface area contributed by atoms with Crippen LogP contribution in [0.3, 0.4) is 0 Å². The molecule has 0 aliphatic carbocycles. The molecule has 0 aliphatic rings. The number of carbonyl (C=O) groups is 1. The lowest BCUT2D eigenvalue weighted by Gasteiger charge is -2.10. The number of nitrogens with one attached hydrogen (secondary N) is 1. The van der Waals surface area contributed by atoms with Crippen LogP contribution in [0.2, 0.25) is 0 Å². The van der Waals surface area contributed by atoms with Crippen LogP contribution in [0.1, 0.15) is 30.6 Å². The van der Waals surface area contributed by atoms with Crippen molar-refractivity contribution in [2.75, 3.05) is 30.8 Å². The molecule has 0 unspecified atom stereocenters. The highest BCUT2D eigenvalue weighted by molar-refractivity contribution is 5.94. The summed E-state index contributed by atoms with van der Waals surface area (Å²) in [5.74, 6) is -0.377. The maximum Gasteiger partial charge on any atom is 0.337 e. The average molecular weight is 266 g/mol. The highest BCUT2D eigenvalue weighted by Gasteiger charge is 2.08. The molecule has 0 amide bonds. The summed E-state index contributed by atoms with van der Waals surface area (Å²) in [5.41, 5.74) is 6.70. The quantitative estimate of drug-likeness (QED) is 0.497. The summed E-state index contributed by atoms with van der Waals surface area (Å²) in [6.45, 7) is 6.30. The van der Waals surface area contributed by atoms with E-state index in [1.807, 2.05) is 0 Å². The van der Waals surface area contributed by atoms with E-state index in [1.165, 1.54) is 6.07 Å². The van der Waals surface area contributed by atoms with Gasteiger partial charge in [0.05, 0.1) is 12.2 Å². The van der Waals surface area contributed by atoms with Gasteiger partial charge in [-0.05, 0) is 30.5 Å². The average Bonchev–Trinajstić information content (AvgIpc) is 2.34. The van der Waals surface area contributed by atoms with Crippen molar-refractivity contribution >= 4 is 17.3 Å². The molecule has 1 rings (SSSR count). The first-order chi connectivity index (χ1) is 9.00. The number of carboxylic acids is 1. The third kappa shape index (κ3) is 5.61. The van der Waals surface area contributed by atoms with Crippen LogP contribution in [-0.2, 0) is 4.74 Å². The number of hydrogen-bond acceptors (Lipinski definition) is 4. The fourth-order valence-corrected chi connectivity index (χ4v) is 1.54. The Morgan fingerprint density at radius 3 is 2.79 bits per heavy atom. The standard InChI is InChI=1S/C14H22N2O3/c1-10(2)5-7-19-8-6-16-11-3-4-13(15)12(9-11)14(17)18/h3-4,9-10,16H,5-8,15H2,1-2H3,(H,17,18). The molecule has 0 radical (unpaired) electrons. The normalized spacial score (nSPS) is 10.7. The molecule has 0 bridgehead atoms. The summed E-state index contributed by atoms with van der Waals surface area (Å²) in [7, 11) is 0. The number of carboxylic acid groups (broad SMARTS) is 1. The molecule has 0 aliphatic heterocycles. The SMILES string of the molecule is CC(C)CCOCCNc1ccc(N)c(C(=O)O)c1. The van der Waals surface area contributed by atoms with E-state index in [1.54, 1.807) is 12.1 Å². The molecule has 1 aromatic carbocycles. The summed E-state index contributed by atoms with van der Waals surface area (Å²) < 4.78 is 5.46. The van der Waals surface area contributed by atoms with Crippen LogP contribution < -0.4 is 11.1 Å². The maximum absolute atomic E-state index is 10.9. The smallest absolute Gasteiger partial charge is 0.337 e. The second-order valence-corrected chi connectivity index (χ2v) is 4.83. The molecular weight excluding hydrogens is 244 g/mol. The van der Waals surface area contributed by atoms with Crippen molar-refractivity contribution in [3.05, 3.63) is 23.8 Å². The zero-order valence-electron chi connectivity index (χ0n) is 11.5. The zero-order chi connectivity index (χ0) is 14.3. The second kappa shape index (κ2) is 7.63. The first kappa shape index (κ1) is 15.3. The fourth-order valence-electron chi connectivity index (χ4n) is 1.54. The minimum absolute atomic E-state index is 0.116. The number of benzene rings is 1. The van der Waals surface area contributed by atoms with Gasteiger partial charge in [-0.1, -0.05) is 13.8 Å². The van der Waals surface area contributed by atoms with Gasteiger partial charge in [-0.25, -0.2) is 4.79 Å². The number of hydrogen-bond donors (Lipinski definition) is 3. The molecule has 106 valence electrons. The topological polar surface area (TPSA) is 84.6 Å². The summed E-state index contributed by atoms with van der Waals surface area (Å²) in [6.07, 6.45) is 1.05. The summed E-state index contributed by atoms with van der Waals surface area (Å²) in [6, 6.07) is 4.88. The second-order valence-electron chi connectivity index (χ2n) is 4.83. The number of nitrogens with two attached hydrogens (primary N) is 1. The molecule has 4 N–H and O–H groups in total. The molecule has 5 nitrogen and oxygen atoms in total. The lowest BCUT2D eigenvalue weighted by Crippen LogP contribution is -2.11.